The molecule has 0 radical (unpaired) electrons. The third kappa shape index (κ3) is 4.10. The van der Waals surface area contributed by atoms with Crippen LogP contribution in [0.15, 0.2) is 0 Å². The Kier molecular flexibility index (Phi) is 5.77. The van der Waals surface area contributed by atoms with Crippen molar-refractivity contribution >= 4 is 5.91 Å². The molecule has 4 heteroatoms. The van der Waals surface area contributed by atoms with Crippen molar-refractivity contribution in [3.05, 3.63) is 0 Å². The van der Waals surface area contributed by atoms with Crippen molar-refractivity contribution in [2.24, 2.45) is 17.6 Å². The summed E-state index contributed by atoms with van der Waals surface area (Å²) in [5, 5.41) is 6.28. The lowest BCUT2D eigenvalue weighted by Gasteiger charge is -2.22. The van der Waals surface area contributed by atoms with Gasteiger partial charge < -0.3 is 16.4 Å². The Morgan fingerprint density at radius 3 is 2.88 bits per heavy atom. The van der Waals surface area contributed by atoms with Crippen LogP contribution in [0.5, 0.6) is 0 Å². The van der Waals surface area contributed by atoms with Crippen LogP contribution in [-0.2, 0) is 4.79 Å². The molecular formula is C12H25N3O. The highest BCUT2D eigenvalue weighted by molar-refractivity contribution is 5.81. The van der Waals surface area contributed by atoms with E-state index in [-0.39, 0.29) is 11.9 Å². The molecule has 4 N–H and O–H groups in total. The molecule has 0 spiro atoms. The molecule has 0 saturated carbocycles. The summed E-state index contributed by atoms with van der Waals surface area (Å²) in [6, 6.07) is -0.0182. The average molecular weight is 227 g/mol. The van der Waals surface area contributed by atoms with E-state index in [0.717, 1.165) is 32.4 Å². The van der Waals surface area contributed by atoms with Gasteiger partial charge in [0.2, 0.25) is 5.91 Å². The molecule has 1 fully saturated rings. The molecule has 1 saturated heterocycles. The second kappa shape index (κ2) is 6.86. The maximum absolute atomic E-state index is 11.7. The van der Waals surface area contributed by atoms with Gasteiger partial charge in [-0.25, -0.2) is 0 Å². The summed E-state index contributed by atoms with van der Waals surface area (Å²) in [5.74, 6) is 1.17. The number of carbonyl (C=O) groups excluding carboxylic acids is 1. The highest BCUT2D eigenvalue weighted by Gasteiger charge is 2.21. The molecule has 0 aromatic heterocycles. The maximum Gasteiger partial charge on any atom is 0.237 e. The van der Waals surface area contributed by atoms with Crippen LogP contribution in [0.2, 0.25) is 0 Å². The first-order valence-corrected chi connectivity index (χ1v) is 6.36. The first-order valence-electron chi connectivity index (χ1n) is 6.36. The van der Waals surface area contributed by atoms with Gasteiger partial charge in [-0.1, -0.05) is 13.8 Å². The van der Waals surface area contributed by atoms with Crippen LogP contribution in [0.1, 0.15) is 33.1 Å². The van der Waals surface area contributed by atoms with Gasteiger partial charge in [0.05, 0.1) is 6.04 Å². The minimum Gasteiger partial charge on any atom is -0.355 e. The first kappa shape index (κ1) is 13.5. The highest BCUT2D eigenvalue weighted by Crippen LogP contribution is 2.10. The fourth-order valence-electron chi connectivity index (χ4n) is 2.02. The highest BCUT2D eigenvalue weighted by atomic mass is 16.2. The zero-order valence-electron chi connectivity index (χ0n) is 10.5. The Balaban J connectivity index is 2.37. The first-order chi connectivity index (χ1) is 7.65. The second-order valence-electron chi connectivity index (χ2n) is 4.99. The van der Waals surface area contributed by atoms with Crippen LogP contribution < -0.4 is 16.4 Å². The van der Waals surface area contributed by atoms with Gasteiger partial charge in [-0.05, 0) is 37.6 Å². The van der Waals surface area contributed by atoms with Gasteiger partial charge in [0.15, 0.2) is 0 Å². The molecular weight excluding hydrogens is 202 g/mol. The van der Waals surface area contributed by atoms with Crippen molar-refractivity contribution in [3.8, 4) is 0 Å². The van der Waals surface area contributed by atoms with Crippen LogP contribution in [0, 0.1) is 11.8 Å². The summed E-state index contributed by atoms with van der Waals surface area (Å²) in [5.41, 5.74) is 5.71. The zero-order valence-corrected chi connectivity index (χ0v) is 10.5. The fraction of sp³-hybridized carbons (Fsp3) is 0.917. The number of rotatable bonds is 5. The van der Waals surface area contributed by atoms with Crippen molar-refractivity contribution in [2.45, 2.75) is 39.2 Å². The molecule has 0 aromatic carbocycles. The number of carbonyl (C=O) groups is 1. The summed E-state index contributed by atoms with van der Waals surface area (Å²) < 4.78 is 0. The largest absolute Gasteiger partial charge is 0.355 e. The molecule has 0 bridgehead atoms. The topological polar surface area (TPSA) is 67.2 Å². The van der Waals surface area contributed by atoms with E-state index in [1.807, 2.05) is 0 Å². The number of hydrogen-bond acceptors (Lipinski definition) is 3. The third-order valence-electron chi connectivity index (χ3n) is 3.41. The van der Waals surface area contributed by atoms with Crippen molar-refractivity contribution < 1.29 is 4.79 Å². The van der Waals surface area contributed by atoms with Crippen molar-refractivity contribution in [1.82, 2.24) is 10.6 Å². The van der Waals surface area contributed by atoms with Crippen molar-refractivity contribution in [1.29, 1.82) is 0 Å². The average Bonchev–Trinajstić information content (AvgIpc) is 2.44. The number of nitrogens with two attached hydrogens (primary N) is 1. The molecule has 1 aliphatic heterocycles. The van der Waals surface area contributed by atoms with Gasteiger partial charge >= 0.3 is 0 Å². The number of nitrogens with one attached hydrogen (secondary N) is 2. The Morgan fingerprint density at radius 1 is 1.50 bits per heavy atom. The number of amides is 1. The van der Waals surface area contributed by atoms with Crippen LogP contribution in [0.25, 0.3) is 0 Å². The predicted molar refractivity (Wildman–Crippen MR) is 66.0 cm³/mol. The Labute approximate surface area is 98.3 Å². The lowest BCUT2D eigenvalue weighted by molar-refractivity contribution is -0.122. The molecule has 4 nitrogen and oxygen atoms in total. The summed E-state index contributed by atoms with van der Waals surface area (Å²) in [6.07, 6.45) is 3.15. The lowest BCUT2D eigenvalue weighted by atomic mass is 9.95. The maximum atomic E-state index is 11.7. The molecule has 1 aliphatic rings. The quantitative estimate of drug-likeness (QED) is 0.640. The third-order valence-corrected chi connectivity index (χ3v) is 3.41. The summed E-state index contributed by atoms with van der Waals surface area (Å²) in [6.45, 7) is 6.69. The molecule has 1 amide bonds. The summed E-state index contributed by atoms with van der Waals surface area (Å²) in [7, 11) is 0. The molecule has 1 rings (SSSR count). The standard InChI is InChI=1S/C12H25N3O/c1-9(2)10(7-13)8-15-11-5-3-4-6-14-12(11)16/h9-11,15H,3-8,13H2,1-2H3,(H,14,16). The van der Waals surface area contributed by atoms with E-state index in [0.29, 0.717) is 18.4 Å². The van der Waals surface area contributed by atoms with Crippen LogP contribution in [-0.4, -0.2) is 31.6 Å². The van der Waals surface area contributed by atoms with Crippen LogP contribution >= 0.6 is 0 Å². The van der Waals surface area contributed by atoms with Gasteiger partial charge in [-0.3, -0.25) is 4.79 Å². The smallest absolute Gasteiger partial charge is 0.237 e. The van der Waals surface area contributed by atoms with Gasteiger partial charge in [0.1, 0.15) is 0 Å². The molecule has 0 aliphatic carbocycles. The van der Waals surface area contributed by atoms with E-state index < -0.39 is 0 Å². The van der Waals surface area contributed by atoms with E-state index in [4.69, 9.17) is 5.73 Å². The Bertz CT molecular complexity index is 218. The molecule has 2 unspecified atom stereocenters. The fourth-order valence-corrected chi connectivity index (χ4v) is 2.02. The van der Waals surface area contributed by atoms with Crippen molar-refractivity contribution in [3.63, 3.8) is 0 Å². The van der Waals surface area contributed by atoms with Gasteiger partial charge in [0, 0.05) is 13.1 Å². The minimum atomic E-state index is -0.0182. The van der Waals surface area contributed by atoms with E-state index in [1.54, 1.807) is 0 Å². The Hall–Kier alpha value is -0.610. The van der Waals surface area contributed by atoms with E-state index in [1.165, 1.54) is 0 Å². The molecule has 2 atom stereocenters. The Morgan fingerprint density at radius 2 is 2.25 bits per heavy atom. The van der Waals surface area contributed by atoms with Gasteiger partial charge in [-0.15, -0.1) is 0 Å². The van der Waals surface area contributed by atoms with Crippen molar-refractivity contribution in [2.75, 3.05) is 19.6 Å². The van der Waals surface area contributed by atoms with Crippen LogP contribution in [0.4, 0.5) is 0 Å². The van der Waals surface area contributed by atoms with E-state index in [9.17, 15) is 4.79 Å². The number of hydrogen-bond donors (Lipinski definition) is 3. The van der Waals surface area contributed by atoms with Crippen LogP contribution in [0.3, 0.4) is 0 Å². The second-order valence-corrected chi connectivity index (χ2v) is 4.99. The predicted octanol–water partition coefficient (Wildman–Crippen LogP) is 0.476. The lowest BCUT2D eigenvalue weighted by Crippen LogP contribution is -2.46. The SMILES string of the molecule is CC(C)C(CN)CNC1CCCCNC1=O. The molecule has 16 heavy (non-hydrogen) atoms. The normalized spacial score (nSPS) is 24.0. The van der Waals surface area contributed by atoms with Gasteiger partial charge in [-0.2, -0.15) is 0 Å². The molecule has 0 aromatic rings. The van der Waals surface area contributed by atoms with E-state index in [2.05, 4.69) is 24.5 Å². The summed E-state index contributed by atoms with van der Waals surface area (Å²) >= 11 is 0. The summed E-state index contributed by atoms with van der Waals surface area (Å²) in [4.78, 5) is 11.7. The zero-order chi connectivity index (χ0) is 12.0. The molecule has 1 heterocycles. The van der Waals surface area contributed by atoms with E-state index >= 15 is 0 Å². The van der Waals surface area contributed by atoms with Gasteiger partial charge in [0.25, 0.3) is 0 Å². The molecule has 94 valence electrons. The monoisotopic (exact) mass is 227 g/mol. The minimum absolute atomic E-state index is 0.0182.